The van der Waals surface area contributed by atoms with Gasteiger partial charge in [0.1, 0.15) is 6.61 Å². The zero-order valence-corrected chi connectivity index (χ0v) is 14.5. The lowest BCUT2D eigenvalue weighted by atomic mass is 10.0. The third kappa shape index (κ3) is 5.37. The monoisotopic (exact) mass is 346 g/mol. The van der Waals surface area contributed by atoms with E-state index in [1.54, 1.807) is 19.2 Å². The van der Waals surface area contributed by atoms with Crippen LogP contribution in [0.3, 0.4) is 0 Å². The van der Waals surface area contributed by atoms with E-state index >= 15 is 0 Å². The highest BCUT2D eigenvalue weighted by Gasteiger charge is 2.26. The third-order valence-corrected chi connectivity index (χ3v) is 3.96. The summed E-state index contributed by atoms with van der Waals surface area (Å²) in [5, 5.41) is 0. The average molecular weight is 346 g/mol. The molecule has 2 aromatic carbocycles. The number of hydrogen-bond acceptors (Lipinski definition) is 4. The molecule has 1 aliphatic heterocycles. The molecule has 0 bridgehead atoms. The molecule has 0 N–H and O–H groups in total. The second kappa shape index (κ2) is 9.91. The lowest BCUT2D eigenvalue weighted by molar-refractivity contribution is -0.123. The van der Waals surface area contributed by atoms with Gasteiger partial charge in [-0.25, -0.2) is 4.79 Å². The second-order valence-corrected chi connectivity index (χ2v) is 5.54. The Morgan fingerprint density at radius 1 is 1.04 bits per heavy atom. The van der Waals surface area contributed by atoms with Crippen LogP contribution in [0.15, 0.2) is 54.6 Å². The van der Waals surface area contributed by atoms with Crippen molar-refractivity contribution < 1.29 is 23.4 Å². The molecule has 0 radical (unpaired) electrons. The maximum absolute atomic E-state index is 12.1. The first-order valence-electron chi connectivity index (χ1n) is 8.15. The van der Waals surface area contributed by atoms with Crippen molar-refractivity contribution in [2.24, 2.45) is 0 Å². The van der Waals surface area contributed by atoms with Crippen molar-refractivity contribution in [2.45, 2.75) is 25.2 Å². The van der Waals surface area contributed by atoms with Gasteiger partial charge >= 0.3 is 5.97 Å². The summed E-state index contributed by atoms with van der Waals surface area (Å²) >= 11 is 0. The minimum absolute atomic E-state index is 0.0764. The minimum atomic E-state index is -0.325. The highest BCUT2D eigenvalue weighted by Crippen LogP contribution is 2.21. The van der Waals surface area contributed by atoms with Crippen molar-refractivity contribution in [3.63, 3.8) is 0 Å². The SMILES string of the molecule is CF.COC1CCC(COC(=O)c2ccc(-c3ccccc3)cc2)O1. The van der Waals surface area contributed by atoms with Gasteiger partial charge in [0.05, 0.1) is 18.8 Å². The molecule has 134 valence electrons. The molecule has 2 unspecified atom stereocenters. The van der Waals surface area contributed by atoms with Gasteiger partial charge in [-0.3, -0.25) is 4.39 Å². The van der Waals surface area contributed by atoms with Crippen molar-refractivity contribution in [2.75, 3.05) is 20.9 Å². The number of esters is 1. The maximum atomic E-state index is 12.1. The van der Waals surface area contributed by atoms with Gasteiger partial charge in [-0.1, -0.05) is 42.5 Å². The summed E-state index contributed by atoms with van der Waals surface area (Å²) in [5.41, 5.74) is 2.74. The number of carbonyl (C=O) groups is 1. The molecule has 0 aliphatic carbocycles. The first kappa shape index (κ1) is 19.1. The van der Waals surface area contributed by atoms with Crippen molar-refractivity contribution >= 4 is 5.97 Å². The van der Waals surface area contributed by atoms with Crippen molar-refractivity contribution in [3.8, 4) is 11.1 Å². The average Bonchev–Trinajstić information content (AvgIpc) is 3.17. The number of methoxy groups -OCH3 is 1. The third-order valence-electron chi connectivity index (χ3n) is 3.96. The first-order valence-corrected chi connectivity index (χ1v) is 8.15. The van der Waals surface area contributed by atoms with E-state index in [0.717, 1.165) is 24.0 Å². The first-order chi connectivity index (χ1) is 12.3. The molecule has 1 fully saturated rings. The van der Waals surface area contributed by atoms with Crippen LogP contribution in [0.5, 0.6) is 0 Å². The summed E-state index contributed by atoms with van der Waals surface area (Å²) in [7, 11) is 2.12. The van der Waals surface area contributed by atoms with Gasteiger partial charge in [0.25, 0.3) is 0 Å². The van der Waals surface area contributed by atoms with E-state index in [2.05, 4.69) is 0 Å². The molecule has 0 saturated carbocycles. The molecule has 0 aromatic heterocycles. The van der Waals surface area contributed by atoms with E-state index in [9.17, 15) is 9.18 Å². The van der Waals surface area contributed by atoms with E-state index in [1.807, 2.05) is 42.5 Å². The van der Waals surface area contributed by atoms with E-state index in [4.69, 9.17) is 14.2 Å². The summed E-state index contributed by atoms with van der Waals surface area (Å²) < 4.78 is 25.5. The number of hydrogen-bond donors (Lipinski definition) is 0. The quantitative estimate of drug-likeness (QED) is 0.759. The van der Waals surface area contributed by atoms with Gasteiger partial charge in [0, 0.05) is 13.5 Å². The largest absolute Gasteiger partial charge is 0.459 e. The summed E-state index contributed by atoms with van der Waals surface area (Å²) in [6.45, 7) is 0.263. The highest BCUT2D eigenvalue weighted by molar-refractivity contribution is 5.90. The fraction of sp³-hybridized carbons (Fsp3) is 0.350. The van der Waals surface area contributed by atoms with Gasteiger partial charge in [-0.15, -0.1) is 0 Å². The molecule has 1 heterocycles. The zero-order chi connectivity index (χ0) is 18.1. The van der Waals surface area contributed by atoms with Crippen LogP contribution in [-0.2, 0) is 14.2 Å². The maximum Gasteiger partial charge on any atom is 0.338 e. The lowest BCUT2D eigenvalue weighted by Gasteiger charge is -2.12. The topological polar surface area (TPSA) is 44.8 Å². The number of ether oxygens (including phenoxy) is 3. The van der Waals surface area contributed by atoms with E-state index in [0.29, 0.717) is 12.7 Å². The lowest BCUT2D eigenvalue weighted by Crippen LogP contribution is -2.20. The zero-order valence-electron chi connectivity index (χ0n) is 14.5. The predicted molar refractivity (Wildman–Crippen MR) is 94.1 cm³/mol. The van der Waals surface area contributed by atoms with Crippen molar-refractivity contribution in [3.05, 3.63) is 60.2 Å². The van der Waals surface area contributed by atoms with Crippen LogP contribution >= 0.6 is 0 Å². The van der Waals surface area contributed by atoms with Crippen LogP contribution in [0.25, 0.3) is 11.1 Å². The van der Waals surface area contributed by atoms with Gasteiger partial charge in [0.15, 0.2) is 6.29 Å². The Hall–Kier alpha value is -2.24. The molecule has 1 saturated heterocycles. The summed E-state index contributed by atoms with van der Waals surface area (Å²) in [6.07, 6.45) is 1.43. The van der Waals surface area contributed by atoms with E-state index in [-0.39, 0.29) is 25.0 Å². The number of alkyl halides is 1. The van der Waals surface area contributed by atoms with Crippen LogP contribution in [0.1, 0.15) is 23.2 Å². The van der Waals surface area contributed by atoms with Crippen LogP contribution < -0.4 is 0 Å². The van der Waals surface area contributed by atoms with Crippen LogP contribution in [0.4, 0.5) is 4.39 Å². The molecule has 0 amide bonds. The van der Waals surface area contributed by atoms with Gasteiger partial charge in [-0.05, 0) is 29.7 Å². The molecular formula is C20H23FO4. The Kier molecular flexibility index (Phi) is 7.57. The van der Waals surface area contributed by atoms with Crippen LogP contribution in [0, 0.1) is 0 Å². The van der Waals surface area contributed by atoms with Crippen molar-refractivity contribution in [1.82, 2.24) is 0 Å². The molecule has 3 rings (SSSR count). The Bertz CT molecular complexity index is 643. The molecule has 1 aliphatic rings. The number of halogens is 1. The molecule has 5 heteroatoms. The predicted octanol–water partition coefficient (Wildman–Crippen LogP) is 4.25. The summed E-state index contributed by atoms with van der Waals surface area (Å²) in [6, 6.07) is 17.5. The molecule has 2 aromatic rings. The highest BCUT2D eigenvalue weighted by atomic mass is 19.1. The smallest absolute Gasteiger partial charge is 0.338 e. The minimum Gasteiger partial charge on any atom is -0.459 e. The molecule has 2 atom stereocenters. The normalized spacial score (nSPS) is 19.0. The second-order valence-electron chi connectivity index (χ2n) is 5.54. The van der Waals surface area contributed by atoms with E-state index < -0.39 is 0 Å². The van der Waals surface area contributed by atoms with Gasteiger partial charge < -0.3 is 14.2 Å². The van der Waals surface area contributed by atoms with Crippen LogP contribution in [0.2, 0.25) is 0 Å². The number of benzene rings is 2. The Morgan fingerprint density at radius 2 is 1.68 bits per heavy atom. The van der Waals surface area contributed by atoms with Gasteiger partial charge in [0.2, 0.25) is 0 Å². The standard InChI is InChI=1S/C19H20O4.CH3F/c1-21-18-12-11-17(23-18)13-22-19(20)16-9-7-15(8-10-16)14-5-3-2-4-6-14;1-2/h2-10,17-18H,11-13H2,1H3;1H3. The number of carbonyl (C=O) groups excluding carboxylic acids is 1. The Labute approximate surface area is 147 Å². The van der Waals surface area contributed by atoms with Crippen LogP contribution in [-0.4, -0.2) is 39.3 Å². The molecule has 25 heavy (non-hydrogen) atoms. The molecule has 0 spiro atoms. The Morgan fingerprint density at radius 3 is 2.28 bits per heavy atom. The molecule has 4 nitrogen and oxygen atoms in total. The fourth-order valence-electron chi connectivity index (χ4n) is 2.65. The Balaban J connectivity index is 0.00000109. The number of rotatable bonds is 5. The summed E-state index contributed by atoms with van der Waals surface area (Å²) in [4.78, 5) is 12.1. The molecular weight excluding hydrogens is 323 g/mol. The van der Waals surface area contributed by atoms with E-state index in [1.165, 1.54) is 0 Å². The summed E-state index contributed by atoms with van der Waals surface area (Å²) in [5.74, 6) is -0.325. The van der Waals surface area contributed by atoms with Gasteiger partial charge in [-0.2, -0.15) is 0 Å². The van der Waals surface area contributed by atoms with Crippen molar-refractivity contribution in [1.29, 1.82) is 0 Å². The fourth-order valence-corrected chi connectivity index (χ4v) is 2.65.